The van der Waals surface area contributed by atoms with E-state index in [1.54, 1.807) is 0 Å². The molecule has 0 unspecified atom stereocenters. The van der Waals surface area contributed by atoms with Gasteiger partial charge in [-0.1, -0.05) is 19.1 Å². The Labute approximate surface area is 217 Å². The van der Waals surface area contributed by atoms with Crippen LogP contribution in [0.25, 0.3) is 28.1 Å². The van der Waals surface area contributed by atoms with Gasteiger partial charge < -0.3 is 15.0 Å². The first-order valence-corrected chi connectivity index (χ1v) is 12.0. The molecule has 1 N–H and O–H groups in total. The monoisotopic (exact) mass is 515 g/mol. The third kappa shape index (κ3) is 5.01. The summed E-state index contributed by atoms with van der Waals surface area (Å²) in [6.07, 6.45) is 5.21. The number of para-hydroxylation sites is 2. The van der Waals surface area contributed by atoms with E-state index in [2.05, 4.69) is 23.2 Å². The number of halogens is 2. The lowest BCUT2D eigenvalue weighted by Crippen LogP contribution is -2.29. The molecule has 186 valence electrons. The van der Waals surface area contributed by atoms with E-state index in [0.29, 0.717) is 6.04 Å². The molecule has 0 aliphatic carbocycles. The largest absolute Gasteiger partial charge is 0.381 e. The molecule has 0 amide bonds. The van der Waals surface area contributed by atoms with Crippen molar-refractivity contribution in [1.29, 1.82) is 0 Å². The fourth-order valence-electron chi connectivity index (χ4n) is 4.83. The van der Waals surface area contributed by atoms with E-state index in [1.807, 2.05) is 34.8 Å². The summed E-state index contributed by atoms with van der Waals surface area (Å²) < 4.78 is 7.49. The maximum Gasteiger partial charge on any atom is 0.160 e. The Balaban J connectivity index is 0.00000144. The highest BCUT2D eigenvalue weighted by molar-refractivity contribution is 5.85. The minimum atomic E-state index is 0. The van der Waals surface area contributed by atoms with E-state index in [9.17, 15) is 0 Å². The van der Waals surface area contributed by atoms with E-state index < -0.39 is 0 Å². The SMILES string of the molecule is CCc1nc2ccccc2nc1-c1cc2nc(N3CCCC3)cc(NC3CCOCC3)n2n1.Cl.Cl. The molecule has 6 rings (SSSR count). The van der Waals surface area contributed by atoms with Gasteiger partial charge in [0.1, 0.15) is 23.0 Å². The van der Waals surface area contributed by atoms with Gasteiger partial charge in [0.25, 0.3) is 0 Å². The van der Waals surface area contributed by atoms with Gasteiger partial charge >= 0.3 is 0 Å². The molecule has 0 spiro atoms. The number of nitrogens with one attached hydrogen (secondary N) is 1. The van der Waals surface area contributed by atoms with Crippen LogP contribution < -0.4 is 10.2 Å². The van der Waals surface area contributed by atoms with Crippen LogP contribution >= 0.6 is 24.8 Å². The highest BCUT2D eigenvalue weighted by Gasteiger charge is 2.21. The molecule has 0 saturated carbocycles. The van der Waals surface area contributed by atoms with Gasteiger partial charge in [-0.25, -0.2) is 15.0 Å². The van der Waals surface area contributed by atoms with Crippen LogP contribution in [-0.4, -0.2) is 56.9 Å². The van der Waals surface area contributed by atoms with Gasteiger partial charge in [0, 0.05) is 44.5 Å². The van der Waals surface area contributed by atoms with Crippen molar-refractivity contribution >= 4 is 53.1 Å². The number of rotatable bonds is 5. The number of nitrogens with zero attached hydrogens (tertiary/aromatic N) is 6. The summed E-state index contributed by atoms with van der Waals surface area (Å²) in [4.78, 5) is 17.2. The average molecular weight is 516 g/mol. The first-order chi connectivity index (χ1) is 16.3. The Kier molecular flexibility index (Phi) is 7.94. The lowest BCUT2D eigenvalue weighted by molar-refractivity contribution is 0.0903. The maximum absolute atomic E-state index is 5.55. The second kappa shape index (κ2) is 10.9. The lowest BCUT2D eigenvalue weighted by atomic mass is 10.1. The van der Waals surface area contributed by atoms with E-state index in [1.165, 1.54) is 12.8 Å². The number of anilines is 2. The predicted octanol–water partition coefficient (Wildman–Crippen LogP) is 4.94. The number of hydrogen-bond acceptors (Lipinski definition) is 7. The fraction of sp³-hybridized carbons (Fsp3) is 0.440. The molecule has 10 heteroatoms. The quantitative estimate of drug-likeness (QED) is 0.403. The molecule has 0 atom stereocenters. The molecule has 2 aliphatic rings. The van der Waals surface area contributed by atoms with Crippen LogP contribution in [0.1, 0.15) is 38.3 Å². The number of hydrogen-bond donors (Lipinski definition) is 1. The van der Waals surface area contributed by atoms with Crippen LogP contribution in [0.4, 0.5) is 11.6 Å². The van der Waals surface area contributed by atoms with Gasteiger partial charge in [-0.2, -0.15) is 9.61 Å². The zero-order valence-electron chi connectivity index (χ0n) is 19.8. The molecule has 0 radical (unpaired) electrons. The van der Waals surface area contributed by atoms with Crippen molar-refractivity contribution in [1.82, 2.24) is 24.6 Å². The van der Waals surface area contributed by atoms with E-state index >= 15 is 0 Å². The fourth-order valence-corrected chi connectivity index (χ4v) is 4.83. The number of ether oxygens (including phenoxy) is 1. The minimum Gasteiger partial charge on any atom is -0.381 e. The number of aryl methyl sites for hydroxylation is 1. The molecule has 1 aromatic carbocycles. The molecular weight excluding hydrogens is 485 g/mol. The van der Waals surface area contributed by atoms with Crippen molar-refractivity contribution in [2.75, 3.05) is 36.5 Å². The Morgan fingerprint density at radius 1 is 0.971 bits per heavy atom. The summed E-state index contributed by atoms with van der Waals surface area (Å²) in [5, 5.41) is 8.70. The average Bonchev–Trinajstić information content (AvgIpc) is 3.54. The molecule has 8 nitrogen and oxygen atoms in total. The molecule has 35 heavy (non-hydrogen) atoms. The van der Waals surface area contributed by atoms with Crippen molar-refractivity contribution < 1.29 is 4.74 Å². The van der Waals surface area contributed by atoms with E-state index in [0.717, 1.165) is 91.0 Å². The highest BCUT2D eigenvalue weighted by Crippen LogP contribution is 2.29. The van der Waals surface area contributed by atoms with Crippen LogP contribution in [0.5, 0.6) is 0 Å². The zero-order valence-corrected chi connectivity index (χ0v) is 21.4. The molecule has 2 saturated heterocycles. The van der Waals surface area contributed by atoms with Gasteiger partial charge in [-0.3, -0.25) is 0 Å². The topological polar surface area (TPSA) is 80.5 Å². The Morgan fingerprint density at radius 3 is 2.40 bits per heavy atom. The highest BCUT2D eigenvalue weighted by atomic mass is 35.5. The van der Waals surface area contributed by atoms with E-state index in [4.69, 9.17) is 24.8 Å². The normalized spacial score (nSPS) is 16.3. The van der Waals surface area contributed by atoms with Crippen LogP contribution in [0.3, 0.4) is 0 Å². The number of benzene rings is 1. The Hall–Kier alpha value is -2.68. The molecular formula is C25H31Cl2N7O. The summed E-state index contributed by atoms with van der Waals surface area (Å²) >= 11 is 0. The Bertz CT molecular complexity index is 1300. The van der Waals surface area contributed by atoms with Crippen molar-refractivity contribution in [3.8, 4) is 11.4 Å². The zero-order chi connectivity index (χ0) is 22.2. The van der Waals surface area contributed by atoms with Crippen LogP contribution in [0.2, 0.25) is 0 Å². The van der Waals surface area contributed by atoms with Crippen LogP contribution in [0.15, 0.2) is 36.4 Å². The molecule has 2 aliphatic heterocycles. The number of aromatic nitrogens is 5. The molecule has 5 heterocycles. The van der Waals surface area contributed by atoms with Gasteiger partial charge in [-0.05, 0) is 44.2 Å². The second-order valence-electron chi connectivity index (χ2n) is 8.89. The van der Waals surface area contributed by atoms with Crippen molar-refractivity contribution in [2.45, 2.75) is 45.1 Å². The summed E-state index contributed by atoms with van der Waals surface area (Å²) in [5.41, 5.74) is 5.23. The summed E-state index contributed by atoms with van der Waals surface area (Å²) in [5.74, 6) is 1.99. The van der Waals surface area contributed by atoms with Crippen LogP contribution in [0, 0.1) is 0 Å². The predicted molar refractivity (Wildman–Crippen MR) is 144 cm³/mol. The summed E-state index contributed by atoms with van der Waals surface area (Å²) in [6, 6.07) is 12.6. The summed E-state index contributed by atoms with van der Waals surface area (Å²) in [7, 11) is 0. The van der Waals surface area contributed by atoms with Gasteiger partial charge in [0.15, 0.2) is 5.65 Å². The van der Waals surface area contributed by atoms with E-state index in [-0.39, 0.29) is 24.8 Å². The first-order valence-electron chi connectivity index (χ1n) is 12.0. The minimum absolute atomic E-state index is 0. The second-order valence-corrected chi connectivity index (χ2v) is 8.89. The van der Waals surface area contributed by atoms with Gasteiger partial charge in [0.2, 0.25) is 0 Å². The standard InChI is InChI=1S/C25H29N7O.2ClH/c1-2-18-25(28-20-8-4-3-7-19(20)27-18)21-15-23-29-22(31-11-5-6-12-31)16-24(32(23)30-21)26-17-9-13-33-14-10-17;;/h3-4,7-8,15-17,26H,2,5-6,9-14H2,1H3;2*1H. The maximum atomic E-state index is 5.55. The molecule has 2 fully saturated rings. The van der Waals surface area contributed by atoms with Crippen molar-refractivity contribution in [3.05, 3.63) is 42.1 Å². The van der Waals surface area contributed by atoms with Crippen molar-refractivity contribution in [3.63, 3.8) is 0 Å². The smallest absolute Gasteiger partial charge is 0.160 e. The van der Waals surface area contributed by atoms with Gasteiger partial charge in [-0.15, -0.1) is 24.8 Å². The number of fused-ring (bicyclic) bond motifs is 2. The molecule has 4 aromatic rings. The van der Waals surface area contributed by atoms with Gasteiger partial charge in [0.05, 0.1) is 16.7 Å². The Morgan fingerprint density at radius 2 is 1.69 bits per heavy atom. The first kappa shape index (κ1) is 25.4. The lowest BCUT2D eigenvalue weighted by Gasteiger charge is -2.25. The third-order valence-corrected chi connectivity index (χ3v) is 6.64. The molecule has 0 bridgehead atoms. The molecule has 3 aromatic heterocycles. The summed E-state index contributed by atoms with van der Waals surface area (Å²) in [6.45, 7) is 5.80. The van der Waals surface area contributed by atoms with Crippen LogP contribution in [-0.2, 0) is 11.2 Å². The third-order valence-electron chi connectivity index (χ3n) is 6.64. The van der Waals surface area contributed by atoms with Crippen molar-refractivity contribution in [2.24, 2.45) is 0 Å².